The zero-order chi connectivity index (χ0) is 15.5. The quantitative estimate of drug-likeness (QED) is 0.785. The molecule has 0 unspecified atom stereocenters. The fraction of sp³-hybridized carbons (Fsp3) is 0.294. The lowest BCUT2D eigenvalue weighted by molar-refractivity contribution is -0.915. The first-order valence-corrected chi connectivity index (χ1v) is 7.88. The molecule has 0 bridgehead atoms. The van der Waals surface area contributed by atoms with Gasteiger partial charge in [-0.1, -0.05) is 18.2 Å². The topological polar surface area (TPSA) is 59.7 Å². The Morgan fingerprint density at radius 2 is 1.83 bits per heavy atom. The van der Waals surface area contributed by atoms with E-state index < -0.39 is 0 Å². The van der Waals surface area contributed by atoms with Crippen molar-refractivity contribution in [2.24, 2.45) is 0 Å². The summed E-state index contributed by atoms with van der Waals surface area (Å²) in [6.07, 6.45) is 1.60. The van der Waals surface area contributed by atoms with Gasteiger partial charge >= 0.3 is 0 Å². The molecule has 3 aromatic rings. The second-order valence-electron chi connectivity index (χ2n) is 5.73. The van der Waals surface area contributed by atoms with Gasteiger partial charge in [-0.15, -0.1) is 10.2 Å². The number of rotatable bonds is 4. The normalized spacial score (nSPS) is 15.9. The molecule has 3 heterocycles. The van der Waals surface area contributed by atoms with Gasteiger partial charge in [0.25, 0.3) is 11.8 Å². The highest BCUT2D eigenvalue weighted by Gasteiger charge is 2.22. The van der Waals surface area contributed by atoms with Crippen LogP contribution < -0.4 is 9.80 Å². The van der Waals surface area contributed by atoms with Crippen molar-refractivity contribution in [3.63, 3.8) is 0 Å². The number of benzene rings is 1. The molecule has 0 amide bonds. The summed E-state index contributed by atoms with van der Waals surface area (Å²) >= 11 is 0. The van der Waals surface area contributed by atoms with E-state index in [9.17, 15) is 0 Å². The number of quaternary nitrogens is 1. The number of para-hydroxylation sites is 1. The van der Waals surface area contributed by atoms with Crippen LogP contribution in [0.5, 0.6) is 0 Å². The third-order valence-corrected chi connectivity index (χ3v) is 4.19. The van der Waals surface area contributed by atoms with Crippen molar-refractivity contribution in [3.05, 3.63) is 54.6 Å². The molecule has 0 saturated carbocycles. The maximum Gasteiger partial charge on any atom is 0.283 e. The lowest BCUT2D eigenvalue weighted by Crippen LogP contribution is -3.13. The van der Waals surface area contributed by atoms with Gasteiger partial charge in [0.15, 0.2) is 12.3 Å². The van der Waals surface area contributed by atoms with Gasteiger partial charge in [-0.25, -0.2) is 0 Å². The Hall–Kier alpha value is -2.60. The van der Waals surface area contributed by atoms with Crippen LogP contribution in [0.15, 0.2) is 57.6 Å². The van der Waals surface area contributed by atoms with E-state index in [0.717, 1.165) is 32.7 Å². The van der Waals surface area contributed by atoms with E-state index in [1.165, 1.54) is 10.6 Å². The maximum absolute atomic E-state index is 5.69. The van der Waals surface area contributed by atoms with Crippen LogP contribution in [0.1, 0.15) is 5.89 Å². The zero-order valence-corrected chi connectivity index (χ0v) is 12.8. The fourth-order valence-electron chi connectivity index (χ4n) is 2.94. The van der Waals surface area contributed by atoms with Gasteiger partial charge in [0.2, 0.25) is 0 Å². The highest BCUT2D eigenvalue weighted by molar-refractivity contribution is 5.46. The molecule has 0 spiro atoms. The number of aromatic nitrogens is 2. The van der Waals surface area contributed by atoms with Crippen LogP contribution in [0.25, 0.3) is 11.7 Å². The van der Waals surface area contributed by atoms with E-state index in [2.05, 4.69) is 45.4 Å². The van der Waals surface area contributed by atoms with Crippen LogP contribution in [0.3, 0.4) is 0 Å². The third-order valence-electron chi connectivity index (χ3n) is 4.19. The number of nitrogens with one attached hydrogen (secondary N) is 1. The standard InChI is InChI=1S/C17H18N4O2/c1-2-5-14(6-3-1)21-10-8-20(9-11-21)13-16-18-19-17(23-16)15-7-4-12-22-15/h1-7,12H,8-11,13H2/p+1. The summed E-state index contributed by atoms with van der Waals surface area (Å²) in [4.78, 5) is 3.89. The fourth-order valence-corrected chi connectivity index (χ4v) is 2.94. The van der Waals surface area contributed by atoms with E-state index in [1.807, 2.05) is 12.1 Å². The third kappa shape index (κ3) is 3.12. The number of hydrogen-bond donors (Lipinski definition) is 1. The van der Waals surface area contributed by atoms with Crippen molar-refractivity contribution < 1.29 is 13.7 Å². The Kier molecular flexibility index (Phi) is 3.81. The van der Waals surface area contributed by atoms with Gasteiger partial charge in [0, 0.05) is 5.69 Å². The van der Waals surface area contributed by atoms with E-state index in [0.29, 0.717) is 17.5 Å². The monoisotopic (exact) mass is 311 g/mol. The molecule has 1 fully saturated rings. The summed E-state index contributed by atoms with van der Waals surface area (Å²) in [5, 5.41) is 8.18. The first kappa shape index (κ1) is 14.0. The predicted molar refractivity (Wildman–Crippen MR) is 85.1 cm³/mol. The number of anilines is 1. The molecular weight excluding hydrogens is 292 g/mol. The molecule has 6 heteroatoms. The van der Waals surface area contributed by atoms with Crippen molar-refractivity contribution in [1.82, 2.24) is 10.2 Å². The smallest absolute Gasteiger partial charge is 0.283 e. The van der Waals surface area contributed by atoms with E-state index in [1.54, 1.807) is 6.26 Å². The van der Waals surface area contributed by atoms with Crippen molar-refractivity contribution in [1.29, 1.82) is 0 Å². The lowest BCUT2D eigenvalue weighted by Gasteiger charge is -2.33. The van der Waals surface area contributed by atoms with Crippen molar-refractivity contribution in [2.75, 3.05) is 31.1 Å². The molecule has 23 heavy (non-hydrogen) atoms. The minimum Gasteiger partial charge on any atom is -0.459 e. The second-order valence-corrected chi connectivity index (χ2v) is 5.73. The average molecular weight is 311 g/mol. The van der Waals surface area contributed by atoms with Crippen molar-refractivity contribution in [2.45, 2.75) is 6.54 Å². The molecule has 0 radical (unpaired) electrons. The van der Waals surface area contributed by atoms with Crippen LogP contribution in [-0.2, 0) is 6.54 Å². The lowest BCUT2D eigenvalue weighted by atomic mass is 10.2. The summed E-state index contributed by atoms with van der Waals surface area (Å²) < 4.78 is 11.0. The highest BCUT2D eigenvalue weighted by atomic mass is 16.4. The van der Waals surface area contributed by atoms with E-state index >= 15 is 0 Å². The minimum atomic E-state index is 0.451. The number of hydrogen-bond acceptors (Lipinski definition) is 5. The minimum absolute atomic E-state index is 0.451. The van der Waals surface area contributed by atoms with Crippen LogP contribution in [0.2, 0.25) is 0 Å². The molecule has 1 aromatic carbocycles. The maximum atomic E-state index is 5.69. The highest BCUT2D eigenvalue weighted by Crippen LogP contribution is 2.17. The zero-order valence-electron chi connectivity index (χ0n) is 12.8. The second kappa shape index (κ2) is 6.26. The molecule has 118 valence electrons. The summed E-state index contributed by atoms with van der Waals surface area (Å²) in [7, 11) is 0. The number of piperazine rings is 1. The van der Waals surface area contributed by atoms with Crippen LogP contribution in [0, 0.1) is 0 Å². The Labute approximate surface area is 134 Å². The van der Waals surface area contributed by atoms with Gasteiger partial charge in [-0.05, 0) is 24.3 Å². The summed E-state index contributed by atoms with van der Waals surface area (Å²) in [5.74, 6) is 1.74. The van der Waals surface area contributed by atoms with Crippen LogP contribution in [0.4, 0.5) is 5.69 Å². The Morgan fingerprint density at radius 1 is 1.00 bits per heavy atom. The average Bonchev–Trinajstić information content (AvgIpc) is 3.28. The summed E-state index contributed by atoms with van der Waals surface area (Å²) in [5.41, 5.74) is 1.30. The molecule has 4 rings (SSSR count). The summed E-state index contributed by atoms with van der Waals surface area (Å²) in [6, 6.07) is 14.2. The first-order valence-electron chi connectivity index (χ1n) is 7.88. The number of nitrogens with zero attached hydrogens (tertiary/aromatic N) is 3. The Bertz CT molecular complexity index is 731. The Morgan fingerprint density at radius 3 is 2.57 bits per heavy atom. The van der Waals surface area contributed by atoms with Crippen LogP contribution >= 0.6 is 0 Å². The largest absolute Gasteiger partial charge is 0.459 e. The van der Waals surface area contributed by atoms with Gasteiger partial charge < -0.3 is 18.6 Å². The first-order chi connectivity index (χ1) is 11.4. The molecule has 1 aliphatic heterocycles. The predicted octanol–water partition coefficient (Wildman–Crippen LogP) is 1.23. The molecule has 1 aliphatic rings. The van der Waals surface area contributed by atoms with E-state index in [-0.39, 0.29) is 0 Å². The van der Waals surface area contributed by atoms with Crippen molar-refractivity contribution >= 4 is 5.69 Å². The molecule has 0 atom stereocenters. The van der Waals surface area contributed by atoms with Crippen LogP contribution in [-0.4, -0.2) is 36.4 Å². The van der Waals surface area contributed by atoms with Gasteiger partial charge in [-0.2, -0.15) is 0 Å². The molecule has 1 N–H and O–H groups in total. The molecule has 2 aromatic heterocycles. The van der Waals surface area contributed by atoms with E-state index in [4.69, 9.17) is 8.83 Å². The Balaban J connectivity index is 1.35. The molecule has 0 aliphatic carbocycles. The molecular formula is C17H19N4O2+. The molecule has 1 saturated heterocycles. The summed E-state index contributed by atoms with van der Waals surface area (Å²) in [6.45, 7) is 4.97. The van der Waals surface area contributed by atoms with Gasteiger partial charge in [0.05, 0.1) is 32.4 Å². The SMILES string of the molecule is c1ccc(N2CC[NH+](Cc3nnc(-c4ccco4)o3)CC2)cc1. The van der Waals surface area contributed by atoms with Gasteiger partial charge in [-0.3, -0.25) is 0 Å². The number of furan rings is 1. The van der Waals surface area contributed by atoms with Crippen molar-refractivity contribution in [3.8, 4) is 11.7 Å². The molecule has 6 nitrogen and oxygen atoms in total. The van der Waals surface area contributed by atoms with Gasteiger partial charge in [0.1, 0.15) is 0 Å².